The molecule has 2 unspecified atom stereocenters. The van der Waals surface area contributed by atoms with Crippen LogP contribution in [0.3, 0.4) is 0 Å². The molecule has 1 aliphatic heterocycles. The third-order valence-corrected chi connectivity index (χ3v) is 5.34. The SMILES string of the molecule is CC[C@H](Nc1ncnc2c1ncn2[C@@H]1O[C@H](COC(C)=O)C(O)C1O)c1ccccc1. The summed E-state index contributed by atoms with van der Waals surface area (Å²) in [5, 5.41) is 24.2. The van der Waals surface area contributed by atoms with E-state index >= 15 is 0 Å². The molecule has 0 saturated carbocycles. The summed E-state index contributed by atoms with van der Waals surface area (Å²) in [7, 11) is 0. The molecule has 31 heavy (non-hydrogen) atoms. The zero-order valence-corrected chi connectivity index (χ0v) is 17.3. The lowest BCUT2D eigenvalue weighted by Crippen LogP contribution is -2.34. The number of anilines is 1. The van der Waals surface area contributed by atoms with E-state index in [4.69, 9.17) is 9.47 Å². The molecule has 0 spiro atoms. The number of carbonyl (C=O) groups excluding carboxylic acids is 1. The van der Waals surface area contributed by atoms with Crippen molar-refractivity contribution in [2.75, 3.05) is 11.9 Å². The molecule has 10 heteroatoms. The Morgan fingerprint density at radius 3 is 2.71 bits per heavy atom. The molecule has 1 aliphatic rings. The number of aliphatic hydroxyl groups excluding tert-OH is 2. The van der Waals surface area contributed by atoms with Crippen LogP contribution < -0.4 is 5.32 Å². The topological polar surface area (TPSA) is 132 Å². The first kappa shape index (κ1) is 21.2. The number of rotatable bonds is 7. The van der Waals surface area contributed by atoms with Gasteiger partial charge in [-0.2, -0.15) is 0 Å². The maximum Gasteiger partial charge on any atom is 0.302 e. The Hall–Kier alpha value is -3.08. The van der Waals surface area contributed by atoms with Gasteiger partial charge < -0.3 is 25.0 Å². The predicted octanol–water partition coefficient (Wildman–Crippen LogP) is 1.57. The van der Waals surface area contributed by atoms with Crippen LogP contribution in [-0.4, -0.2) is 60.6 Å². The quantitative estimate of drug-likeness (QED) is 0.481. The van der Waals surface area contributed by atoms with Crippen molar-refractivity contribution in [2.24, 2.45) is 0 Å². The molecule has 0 bridgehead atoms. The summed E-state index contributed by atoms with van der Waals surface area (Å²) in [5.41, 5.74) is 2.09. The molecular formula is C21H25N5O5. The fourth-order valence-electron chi connectivity index (χ4n) is 3.71. The van der Waals surface area contributed by atoms with E-state index < -0.39 is 30.5 Å². The number of aliphatic hydroxyl groups is 2. The van der Waals surface area contributed by atoms with E-state index in [1.165, 1.54) is 19.6 Å². The lowest BCUT2D eigenvalue weighted by atomic mass is 10.0. The fourth-order valence-corrected chi connectivity index (χ4v) is 3.71. The van der Waals surface area contributed by atoms with Crippen LogP contribution in [0.2, 0.25) is 0 Å². The Labute approximate surface area is 178 Å². The largest absolute Gasteiger partial charge is 0.463 e. The monoisotopic (exact) mass is 427 g/mol. The van der Waals surface area contributed by atoms with E-state index in [-0.39, 0.29) is 12.6 Å². The lowest BCUT2D eigenvalue weighted by Gasteiger charge is -2.19. The molecule has 3 N–H and O–H groups in total. The van der Waals surface area contributed by atoms with Crippen LogP contribution in [0.15, 0.2) is 43.0 Å². The van der Waals surface area contributed by atoms with Crippen molar-refractivity contribution in [1.29, 1.82) is 0 Å². The van der Waals surface area contributed by atoms with E-state index in [1.807, 2.05) is 30.3 Å². The lowest BCUT2D eigenvalue weighted by molar-refractivity contribution is -0.147. The van der Waals surface area contributed by atoms with Crippen LogP contribution >= 0.6 is 0 Å². The highest BCUT2D eigenvalue weighted by Gasteiger charge is 2.44. The molecule has 3 heterocycles. The van der Waals surface area contributed by atoms with E-state index in [0.29, 0.717) is 17.0 Å². The molecule has 0 aliphatic carbocycles. The third kappa shape index (κ3) is 4.22. The van der Waals surface area contributed by atoms with Gasteiger partial charge in [0.2, 0.25) is 0 Å². The number of imidazole rings is 1. The van der Waals surface area contributed by atoms with Gasteiger partial charge in [0, 0.05) is 6.92 Å². The molecule has 4 rings (SSSR count). The van der Waals surface area contributed by atoms with Gasteiger partial charge >= 0.3 is 5.97 Å². The van der Waals surface area contributed by atoms with Crippen molar-refractivity contribution in [1.82, 2.24) is 19.5 Å². The zero-order valence-electron chi connectivity index (χ0n) is 17.3. The van der Waals surface area contributed by atoms with Crippen LogP contribution in [-0.2, 0) is 14.3 Å². The Bertz CT molecular complexity index is 1040. The van der Waals surface area contributed by atoms with E-state index in [2.05, 4.69) is 27.2 Å². The number of hydrogen-bond donors (Lipinski definition) is 3. The van der Waals surface area contributed by atoms with Crippen molar-refractivity contribution in [2.45, 2.75) is 50.8 Å². The average molecular weight is 427 g/mol. The fraction of sp³-hybridized carbons (Fsp3) is 0.429. The minimum Gasteiger partial charge on any atom is -0.463 e. The Morgan fingerprint density at radius 2 is 2.00 bits per heavy atom. The maximum absolute atomic E-state index is 11.1. The van der Waals surface area contributed by atoms with Crippen LogP contribution in [0.5, 0.6) is 0 Å². The minimum atomic E-state index is -1.24. The molecule has 2 aromatic heterocycles. The summed E-state index contributed by atoms with van der Waals surface area (Å²) in [6, 6.07) is 10.1. The highest BCUT2D eigenvalue weighted by Crippen LogP contribution is 2.33. The number of carbonyl (C=O) groups is 1. The summed E-state index contributed by atoms with van der Waals surface area (Å²) in [6.45, 7) is 3.19. The smallest absolute Gasteiger partial charge is 0.302 e. The second-order valence-corrected chi connectivity index (χ2v) is 7.41. The van der Waals surface area contributed by atoms with Gasteiger partial charge in [-0.25, -0.2) is 15.0 Å². The number of nitrogens with one attached hydrogen (secondary N) is 1. The first-order valence-electron chi connectivity index (χ1n) is 10.1. The van der Waals surface area contributed by atoms with Gasteiger partial charge in [-0.3, -0.25) is 9.36 Å². The number of nitrogens with zero attached hydrogens (tertiary/aromatic N) is 4. The maximum atomic E-state index is 11.1. The van der Waals surface area contributed by atoms with Gasteiger partial charge in [0.25, 0.3) is 0 Å². The molecule has 3 aromatic rings. The molecule has 1 saturated heterocycles. The summed E-state index contributed by atoms with van der Waals surface area (Å²) in [6.07, 6.45) is -0.508. The highest BCUT2D eigenvalue weighted by molar-refractivity contribution is 5.83. The summed E-state index contributed by atoms with van der Waals surface area (Å²) >= 11 is 0. The molecule has 0 amide bonds. The highest BCUT2D eigenvalue weighted by atomic mass is 16.6. The Kier molecular flexibility index (Phi) is 6.12. The van der Waals surface area contributed by atoms with E-state index in [9.17, 15) is 15.0 Å². The first-order chi connectivity index (χ1) is 15.0. The molecular weight excluding hydrogens is 402 g/mol. The number of benzene rings is 1. The Morgan fingerprint density at radius 1 is 1.23 bits per heavy atom. The van der Waals surface area contributed by atoms with Crippen molar-refractivity contribution in [3.05, 3.63) is 48.5 Å². The van der Waals surface area contributed by atoms with Gasteiger partial charge in [-0.1, -0.05) is 37.3 Å². The van der Waals surface area contributed by atoms with Gasteiger partial charge in [-0.15, -0.1) is 0 Å². The number of ether oxygens (including phenoxy) is 2. The van der Waals surface area contributed by atoms with Gasteiger partial charge in [0.15, 0.2) is 23.2 Å². The van der Waals surface area contributed by atoms with Gasteiger partial charge in [0.05, 0.1) is 12.4 Å². The standard InChI is InChI=1S/C21H25N5O5/c1-3-14(13-7-5-4-6-8-13)25-19-16-20(23-10-22-19)26(11-24-16)21-18(29)17(28)15(31-21)9-30-12(2)27/h4-8,10-11,14-15,17-18,21,28-29H,3,9H2,1-2H3,(H,22,23,25)/t14-,15+,17?,18?,21+/m0/s1. The van der Waals surface area contributed by atoms with Crippen molar-refractivity contribution >= 4 is 23.0 Å². The molecule has 164 valence electrons. The summed E-state index contributed by atoms with van der Waals surface area (Å²) < 4.78 is 12.2. The third-order valence-electron chi connectivity index (χ3n) is 5.34. The van der Waals surface area contributed by atoms with E-state index in [0.717, 1.165) is 12.0 Å². The summed E-state index contributed by atoms with van der Waals surface area (Å²) in [4.78, 5) is 24.1. The normalized spacial score (nSPS) is 24.3. The second-order valence-electron chi connectivity index (χ2n) is 7.41. The summed E-state index contributed by atoms with van der Waals surface area (Å²) in [5.74, 6) is 0.0677. The van der Waals surface area contributed by atoms with Gasteiger partial charge in [0.1, 0.15) is 31.2 Å². The van der Waals surface area contributed by atoms with Crippen LogP contribution in [0.1, 0.15) is 38.1 Å². The Balaban J connectivity index is 1.60. The van der Waals surface area contributed by atoms with Crippen LogP contribution in [0.25, 0.3) is 11.2 Å². The molecule has 1 fully saturated rings. The number of fused-ring (bicyclic) bond motifs is 1. The zero-order chi connectivity index (χ0) is 22.0. The first-order valence-corrected chi connectivity index (χ1v) is 10.1. The van der Waals surface area contributed by atoms with Crippen molar-refractivity contribution in [3.63, 3.8) is 0 Å². The van der Waals surface area contributed by atoms with Crippen molar-refractivity contribution < 1.29 is 24.5 Å². The molecule has 0 radical (unpaired) electrons. The van der Waals surface area contributed by atoms with E-state index in [1.54, 1.807) is 4.57 Å². The number of hydrogen-bond acceptors (Lipinski definition) is 9. The second kappa shape index (κ2) is 8.96. The average Bonchev–Trinajstić information content (AvgIpc) is 3.33. The van der Waals surface area contributed by atoms with Gasteiger partial charge in [-0.05, 0) is 12.0 Å². The number of esters is 1. The van der Waals surface area contributed by atoms with Crippen LogP contribution in [0, 0.1) is 0 Å². The molecule has 1 aromatic carbocycles. The predicted molar refractivity (Wildman–Crippen MR) is 111 cm³/mol. The minimum absolute atomic E-state index is 0.0349. The molecule has 5 atom stereocenters. The number of aromatic nitrogens is 4. The van der Waals surface area contributed by atoms with Crippen molar-refractivity contribution in [3.8, 4) is 0 Å². The van der Waals surface area contributed by atoms with Crippen LogP contribution in [0.4, 0.5) is 5.82 Å². The molecule has 10 nitrogen and oxygen atoms in total.